The van der Waals surface area contributed by atoms with Gasteiger partial charge in [-0.25, -0.2) is 0 Å². The van der Waals surface area contributed by atoms with Gasteiger partial charge in [-0.05, 0) is 0 Å². The quantitative estimate of drug-likeness (QED) is 0.203. The summed E-state index contributed by atoms with van der Waals surface area (Å²) >= 11 is -3.70. The van der Waals surface area contributed by atoms with Crippen LogP contribution in [0.4, 0.5) is 0 Å². The average molecular weight is 607 g/mol. The zero-order chi connectivity index (χ0) is 26.1. The number of fused-ring (bicyclic) bond motifs is 4. The molecule has 0 radical (unpaired) electrons. The third-order valence-electron chi connectivity index (χ3n) is 9.97. The van der Waals surface area contributed by atoms with Crippen LogP contribution in [0.2, 0.25) is 0 Å². The molecule has 0 aliphatic heterocycles. The molecule has 4 unspecified atom stereocenters. The minimum absolute atomic E-state index is 0.468. The van der Waals surface area contributed by atoms with Crippen molar-refractivity contribution in [3.05, 3.63) is 165 Å². The molecule has 0 saturated heterocycles. The Morgan fingerprint density at radius 1 is 0.436 bits per heavy atom. The standard InChI is InChI=1S/2C10H9.2C9H7.Sn/c2*1-8-6-9-4-2-3-5-10(9)7-8;2*1-2-5-9-7-3-6-8(9)4-1;/h2*2-7H,1H3;2*1-7H;. The Hall–Kier alpha value is -3.36. The van der Waals surface area contributed by atoms with E-state index in [0.29, 0.717) is 15.7 Å². The normalized spacial score (nSPS) is 25.0. The van der Waals surface area contributed by atoms with Crippen molar-refractivity contribution in [1.82, 2.24) is 0 Å². The van der Waals surface area contributed by atoms with Crippen LogP contribution in [-0.2, 0) is 0 Å². The van der Waals surface area contributed by atoms with E-state index in [1.165, 1.54) is 22.3 Å². The van der Waals surface area contributed by atoms with Gasteiger partial charge in [-0.15, -0.1) is 0 Å². The van der Waals surface area contributed by atoms with E-state index in [9.17, 15) is 0 Å². The van der Waals surface area contributed by atoms with Gasteiger partial charge in [-0.2, -0.15) is 0 Å². The summed E-state index contributed by atoms with van der Waals surface area (Å²) in [5.74, 6) is 0. The first-order valence-corrected chi connectivity index (χ1v) is 20.9. The molecule has 0 N–H and O–H groups in total. The van der Waals surface area contributed by atoms with Crippen molar-refractivity contribution in [1.29, 1.82) is 0 Å². The third kappa shape index (κ3) is 3.24. The third-order valence-corrected chi connectivity index (χ3v) is 29.1. The molecule has 0 bridgehead atoms. The molecule has 0 heterocycles. The monoisotopic (exact) mass is 608 g/mol. The molecule has 4 aliphatic rings. The summed E-state index contributed by atoms with van der Waals surface area (Å²) in [5, 5.41) is 0. The van der Waals surface area contributed by atoms with Crippen LogP contribution in [0.3, 0.4) is 0 Å². The molecule has 188 valence electrons. The molecule has 0 fully saturated rings. The van der Waals surface area contributed by atoms with Crippen molar-refractivity contribution in [2.75, 3.05) is 0 Å². The van der Waals surface area contributed by atoms with Crippen molar-refractivity contribution >= 4 is 42.7 Å². The van der Waals surface area contributed by atoms with Crippen LogP contribution in [0.15, 0.2) is 120 Å². The minimum atomic E-state index is -3.70. The van der Waals surface area contributed by atoms with E-state index in [1.807, 2.05) is 0 Å². The Morgan fingerprint density at radius 2 is 0.795 bits per heavy atom. The number of benzene rings is 4. The van der Waals surface area contributed by atoms with Gasteiger partial charge in [0.15, 0.2) is 0 Å². The Bertz CT molecular complexity index is 1630. The second-order valence-corrected chi connectivity index (χ2v) is 24.4. The molecular weight excluding hydrogens is 575 g/mol. The van der Waals surface area contributed by atoms with Gasteiger partial charge in [-0.3, -0.25) is 0 Å². The van der Waals surface area contributed by atoms with Gasteiger partial charge < -0.3 is 0 Å². The Morgan fingerprint density at radius 3 is 1.23 bits per heavy atom. The molecule has 0 spiro atoms. The van der Waals surface area contributed by atoms with Crippen LogP contribution < -0.4 is 0 Å². The molecule has 0 nitrogen and oxygen atoms in total. The van der Waals surface area contributed by atoms with Crippen LogP contribution in [0.5, 0.6) is 0 Å². The summed E-state index contributed by atoms with van der Waals surface area (Å²) < 4.78 is 1.90. The maximum atomic E-state index is 2.64. The van der Waals surface area contributed by atoms with Gasteiger partial charge in [0, 0.05) is 0 Å². The van der Waals surface area contributed by atoms with Gasteiger partial charge in [-0.1, -0.05) is 0 Å². The van der Waals surface area contributed by atoms with Gasteiger partial charge in [0.05, 0.1) is 0 Å². The molecule has 4 aromatic rings. The second kappa shape index (κ2) is 8.83. The maximum absolute atomic E-state index is 3.70. The fourth-order valence-corrected chi connectivity index (χ4v) is 31.5. The van der Waals surface area contributed by atoms with Crippen molar-refractivity contribution in [2.45, 2.75) is 29.6 Å². The molecule has 0 saturated carbocycles. The first kappa shape index (κ1) is 23.5. The van der Waals surface area contributed by atoms with Gasteiger partial charge >= 0.3 is 237 Å². The Balaban J connectivity index is 1.51. The fraction of sp³-hybridized carbons (Fsp3) is 0.158. The van der Waals surface area contributed by atoms with E-state index in [-0.39, 0.29) is 0 Å². The molecule has 4 aliphatic carbocycles. The summed E-state index contributed by atoms with van der Waals surface area (Å²) in [6, 6.07) is 37.1. The van der Waals surface area contributed by atoms with E-state index >= 15 is 0 Å². The van der Waals surface area contributed by atoms with Crippen molar-refractivity contribution in [3.8, 4) is 0 Å². The summed E-state index contributed by atoms with van der Waals surface area (Å²) in [6.07, 6.45) is 15.2. The first-order valence-electron chi connectivity index (χ1n) is 14.3. The number of allylic oxidation sites excluding steroid dienone is 4. The Kier molecular flexibility index (Phi) is 5.32. The van der Waals surface area contributed by atoms with E-state index in [1.54, 1.807) is 33.4 Å². The van der Waals surface area contributed by atoms with Crippen LogP contribution in [0, 0.1) is 0 Å². The molecular formula is C38H32Sn. The van der Waals surface area contributed by atoms with Crippen LogP contribution in [0.1, 0.15) is 74.1 Å². The van der Waals surface area contributed by atoms with Crippen LogP contribution in [0.25, 0.3) is 24.3 Å². The average Bonchev–Trinajstić information content (AvgIpc) is 3.73. The number of hydrogen-bond acceptors (Lipinski definition) is 0. The van der Waals surface area contributed by atoms with E-state index in [4.69, 9.17) is 0 Å². The summed E-state index contributed by atoms with van der Waals surface area (Å²) in [6.45, 7) is 4.87. The summed E-state index contributed by atoms with van der Waals surface area (Å²) in [4.78, 5) is 0. The number of hydrogen-bond donors (Lipinski definition) is 0. The SMILES string of the molecule is CC1=Cc2ccccc2[CH]1[Sn]([CH]1C=Cc2ccccc21)([CH]1C=Cc2ccccc21)[CH]1C(C)=Cc2ccccc21. The molecule has 4 aromatic carbocycles. The van der Waals surface area contributed by atoms with Crippen molar-refractivity contribution in [2.24, 2.45) is 0 Å². The summed E-state index contributed by atoms with van der Waals surface area (Å²) in [5.41, 5.74) is 15.1. The summed E-state index contributed by atoms with van der Waals surface area (Å²) in [7, 11) is 0. The second-order valence-electron chi connectivity index (χ2n) is 11.8. The van der Waals surface area contributed by atoms with Crippen molar-refractivity contribution < 1.29 is 0 Å². The molecule has 8 rings (SSSR count). The number of rotatable bonds is 4. The van der Waals surface area contributed by atoms with Crippen LogP contribution >= 0.6 is 0 Å². The topological polar surface area (TPSA) is 0 Å². The van der Waals surface area contributed by atoms with E-state index < -0.39 is 18.4 Å². The molecule has 1 heteroatoms. The molecule has 4 atom stereocenters. The van der Waals surface area contributed by atoms with Gasteiger partial charge in [0.1, 0.15) is 0 Å². The predicted molar refractivity (Wildman–Crippen MR) is 168 cm³/mol. The van der Waals surface area contributed by atoms with Gasteiger partial charge in [0.25, 0.3) is 0 Å². The first-order chi connectivity index (χ1) is 19.2. The van der Waals surface area contributed by atoms with E-state index in [0.717, 1.165) is 0 Å². The molecule has 0 aromatic heterocycles. The molecule has 0 amide bonds. The van der Waals surface area contributed by atoms with E-state index in [2.05, 4.69) is 147 Å². The van der Waals surface area contributed by atoms with Gasteiger partial charge in [0.2, 0.25) is 0 Å². The zero-order valence-corrected chi connectivity index (χ0v) is 25.4. The Labute approximate surface area is 236 Å². The fourth-order valence-electron chi connectivity index (χ4n) is 8.73. The van der Waals surface area contributed by atoms with Crippen molar-refractivity contribution in [3.63, 3.8) is 0 Å². The zero-order valence-electron chi connectivity index (χ0n) is 22.5. The molecule has 39 heavy (non-hydrogen) atoms. The van der Waals surface area contributed by atoms with Crippen LogP contribution in [-0.4, -0.2) is 18.4 Å². The predicted octanol–water partition coefficient (Wildman–Crippen LogP) is 9.61.